The van der Waals surface area contributed by atoms with Gasteiger partial charge in [-0.05, 0) is 31.7 Å². The van der Waals surface area contributed by atoms with Crippen LogP contribution < -0.4 is 0 Å². The van der Waals surface area contributed by atoms with Gasteiger partial charge in [-0.1, -0.05) is 114 Å². The van der Waals surface area contributed by atoms with E-state index in [1.807, 2.05) is 12.1 Å². The number of aliphatic hydroxyl groups excluding tert-OH is 1. The van der Waals surface area contributed by atoms with Gasteiger partial charge < -0.3 is 5.11 Å². The molecule has 0 bridgehead atoms. The largest absolute Gasteiger partial charge is 0.396 e. The van der Waals surface area contributed by atoms with Crippen molar-refractivity contribution in [2.24, 2.45) is 0 Å². The van der Waals surface area contributed by atoms with Crippen molar-refractivity contribution in [1.82, 2.24) is 0 Å². The van der Waals surface area contributed by atoms with E-state index in [9.17, 15) is 4.79 Å². The molecule has 0 aliphatic carbocycles. The monoisotopic (exact) mass is 388 g/mol. The van der Waals surface area contributed by atoms with Crippen LogP contribution in [-0.4, -0.2) is 17.5 Å². The topological polar surface area (TPSA) is 37.3 Å². The summed E-state index contributed by atoms with van der Waals surface area (Å²) in [7, 11) is 0. The molecule has 0 amide bonds. The zero-order chi connectivity index (χ0) is 20.3. The molecule has 0 aromatic heterocycles. The van der Waals surface area contributed by atoms with Gasteiger partial charge in [-0.3, -0.25) is 4.79 Å². The molecule has 2 nitrogen and oxygen atoms in total. The first-order valence-electron chi connectivity index (χ1n) is 11.9. The van der Waals surface area contributed by atoms with Crippen molar-refractivity contribution in [2.75, 3.05) is 6.61 Å². The van der Waals surface area contributed by atoms with E-state index in [4.69, 9.17) is 5.11 Å². The van der Waals surface area contributed by atoms with Crippen LogP contribution in [0.4, 0.5) is 0 Å². The van der Waals surface area contributed by atoms with Crippen LogP contribution in [0.15, 0.2) is 24.3 Å². The molecular weight excluding hydrogens is 344 g/mol. The Bertz CT molecular complexity index is 478. The number of aliphatic hydroxyl groups is 1. The molecule has 0 saturated heterocycles. The van der Waals surface area contributed by atoms with Gasteiger partial charge in [0.2, 0.25) is 0 Å². The summed E-state index contributed by atoms with van der Waals surface area (Å²) in [6.07, 6.45) is 22.6. The van der Waals surface area contributed by atoms with Gasteiger partial charge in [0.25, 0.3) is 0 Å². The van der Waals surface area contributed by atoms with E-state index in [1.165, 1.54) is 102 Å². The number of hydrogen-bond donors (Lipinski definition) is 1. The maximum atomic E-state index is 11.3. The average Bonchev–Trinajstić information content (AvgIpc) is 2.70. The first-order valence-corrected chi connectivity index (χ1v) is 11.9. The minimum atomic E-state index is 0.150. The Hall–Kier alpha value is -1.15. The van der Waals surface area contributed by atoms with Crippen LogP contribution in [0, 0.1) is 0 Å². The summed E-state index contributed by atoms with van der Waals surface area (Å²) in [6.45, 7) is 1.98. The summed E-state index contributed by atoms with van der Waals surface area (Å²) < 4.78 is 0. The Morgan fingerprint density at radius 1 is 0.607 bits per heavy atom. The predicted octanol–water partition coefficient (Wildman–Crippen LogP) is 7.67. The Balaban J connectivity index is 1.79. The number of rotatable bonds is 19. The molecule has 1 aromatic rings. The summed E-state index contributed by atoms with van der Waals surface area (Å²) in [5, 5.41) is 8.74. The Kier molecular flexibility index (Phi) is 15.9. The Labute approximate surface area is 174 Å². The molecule has 0 fully saturated rings. The van der Waals surface area contributed by atoms with E-state index in [-0.39, 0.29) is 5.78 Å². The van der Waals surface area contributed by atoms with E-state index < -0.39 is 0 Å². The number of carbonyl (C=O) groups is 1. The number of aryl methyl sites for hydroxylation is 1. The van der Waals surface area contributed by atoms with Crippen molar-refractivity contribution in [1.29, 1.82) is 0 Å². The van der Waals surface area contributed by atoms with Crippen molar-refractivity contribution in [2.45, 2.75) is 116 Å². The van der Waals surface area contributed by atoms with Gasteiger partial charge in [-0.2, -0.15) is 0 Å². The molecule has 0 heterocycles. The smallest absolute Gasteiger partial charge is 0.159 e. The lowest BCUT2D eigenvalue weighted by Gasteiger charge is -2.04. The van der Waals surface area contributed by atoms with Crippen LogP contribution >= 0.6 is 0 Å². The van der Waals surface area contributed by atoms with E-state index in [0.29, 0.717) is 6.61 Å². The van der Waals surface area contributed by atoms with E-state index in [1.54, 1.807) is 6.92 Å². The second kappa shape index (κ2) is 17.9. The maximum absolute atomic E-state index is 11.3. The highest BCUT2D eigenvalue weighted by Crippen LogP contribution is 2.15. The second-order valence-corrected chi connectivity index (χ2v) is 8.38. The Morgan fingerprint density at radius 3 is 1.32 bits per heavy atom. The third kappa shape index (κ3) is 13.9. The molecule has 0 atom stereocenters. The molecule has 28 heavy (non-hydrogen) atoms. The summed E-state index contributed by atoms with van der Waals surface area (Å²) >= 11 is 0. The van der Waals surface area contributed by atoms with Crippen LogP contribution in [0.5, 0.6) is 0 Å². The number of unbranched alkanes of at least 4 members (excludes halogenated alkanes) is 15. The van der Waals surface area contributed by atoms with Crippen molar-refractivity contribution < 1.29 is 9.90 Å². The Morgan fingerprint density at radius 2 is 0.964 bits per heavy atom. The number of Topliss-reactive ketones (excluding diaryl/α,β-unsaturated/α-hetero) is 1. The fourth-order valence-electron chi connectivity index (χ4n) is 3.82. The van der Waals surface area contributed by atoms with Crippen LogP contribution in [0.25, 0.3) is 0 Å². The molecule has 0 aliphatic heterocycles. The van der Waals surface area contributed by atoms with Gasteiger partial charge in [0.05, 0.1) is 0 Å². The fraction of sp³-hybridized carbons (Fsp3) is 0.731. The van der Waals surface area contributed by atoms with Gasteiger partial charge in [-0.15, -0.1) is 0 Å². The zero-order valence-corrected chi connectivity index (χ0v) is 18.4. The minimum absolute atomic E-state index is 0.150. The SMILES string of the molecule is CC(=O)c1ccc(CCCCCCCCCCCCCCCCCCO)cc1. The molecule has 0 unspecified atom stereocenters. The number of ketones is 1. The number of hydrogen-bond acceptors (Lipinski definition) is 2. The molecular formula is C26H44O2. The first kappa shape index (κ1) is 24.9. The fourth-order valence-corrected chi connectivity index (χ4v) is 3.82. The van der Waals surface area contributed by atoms with Crippen LogP contribution in [0.2, 0.25) is 0 Å². The molecule has 1 aromatic carbocycles. The van der Waals surface area contributed by atoms with E-state index in [0.717, 1.165) is 18.4 Å². The van der Waals surface area contributed by atoms with Crippen molar-refractivity contribution in [3.05, 3.63) is 35.4 Å². The zero-order valence-electron chi connectivity index (χ0n) is 18.4. The van der Waals surface area contributed by atoms with E-state index in [2.05, 4.69) is 12.1 Å². The lowest BCUT2D eigenvalue weighted by atomic mass is 10.0. The van der Waals surface area contributed by atoms with Gasteiger partial charge in [0.15, 0.2) is 5.78 Å². The highest BCUT2D eigenvalue weighted by atomic mass is 16.2. The van der Waals surface area contributed by atoms with Crippen LogP contribution in [0.1, 0.15) is 126 Å². The third-order valence-electron chi connectivity index (χ3n) is 5.73. The van der Waals surface area contributed by atoms with E-state index >= 15 is 0 Å². The highest BCUT2D eigenvalue weighted by molar-refractivity contribution is 5.93. The summed E-state index contributed by atoms with van der Waals surface area (Å²) in [5.41, 5.74) is 2.17. The highest BCUT2D eigenvalue weighted by Gasteiger charge is 1.99. The van der Waals surface area contributed by atoms with Gasteiger partial charge in [-0.25, -0.2) is 0 Å². The first-order chi connectivity index (χ1) is 13.7. The molecule has 2 heteroatoms. The lowest BCUT2D eigenvalue weighted by molar-refractivity contribution is 0.101. The summed E-state index contributed by atoms with van der Waals surface area (Å²) in [5.74, 6) is 0.150. The third-order valence-corrected chi connectivity index (χ3v) is 5.73. The average molecular weight is 389 g/mol. The van der Waals surface area contributed by atoms with Crippen molar-refractivity contribution >= 4 is 5.78 Å². The molecule has 0 saturated carbocycles. The molecule has 0 radical (unpaired) electrons. The van der Waals surface area contributed by atoms with Crippen molar-refractivity contribution in [3.63, 3.8) is 0 Å². The van der Waals surface area contributed by atoms with Gasteiger partial charge >= 0.3 is 0 Å². The molecule has 0 spiro atoms. The number of benzene rings is 1. The lowest BCUT2D eigenvalue weighted by Crippen LogP contribution is -1.92. The number of carbonyl (C=O) groups excluding carboxylic acids is 1. The van der Waals surface area contributed by atoms with Crippen LogP contribution in [-0.2, 0) is 6.42 Å². The minimum Gasteiger partial charge on any atom is -0.396 e. The van der Waals surface area contributed by atoms with Gasteiger partial charge in [0, 0.05) is 12.2 Å². The standard InChI is InChI=1S/C26H44O2/c1-24(28)26-21-19-25(20-22-26)18-16-14-12-10-8-6-4-2-3-5-7-9-11-13-15-17-23-27/h19-22,27H,2-18,23H2,1H3. The normalized spacial score (nSPS) is 11.1. The maximum Gasteiger partial charge on any atom is 0.159 e. The van der Waals surface area contributed by atoms with Crippen LogP contribution in [0.3, 0.4) is 0 Å². The molecule has 1 rings (SSSR count). The van der Waals surface area contributed by atoms with Gasteiger partial charge in [0.1, 0.15) is 0 Å². The molecule has 1 N–H and O–H groups in total. The summed E-state index contributed by atoms with van der Waals surface area (Å²) in [4.78, 5) is 11.3. The molecule has 160 valence electrons. The second-order valence-electron chi connectivity index (χ2n) is 8.38. The molecule has 0 aliphatic rings. The quantitative estimate of drug-likeness (QED) is 0.195. The predicted molar refractivity (Wildman–Crippen MR) is 121 cm³/mol. The summed E-state index contributed by atoms with van der Waals surface area (Å²) in [6, 6.07) is 8.12. The van der Waals surface area contributed by atoms with Crippen molar-refractivity contribution in [3.8, 4) is 0 Å².